The van der Waals surface area contributed by atoms with Crippen LogP contribution in [0, 0.1) is 0 Å². The summed E-state index contributed by atoms with van der Waals surface area (Å²) in [4.78, 5) is 2.40. The predicted octanol–water partition coefficient (Wildman–Crippen LogP) is 2.15. The second-order valence-electron chi connectivity index (χ2n) is 4.04. The SMILES string of the molecule is CCN(CC)CCS(=O)(=O)c1ccc(N)cc1Br. The number of nitrogens with zero attached hydrogens (tertiary/aromatic N) is 1. The Balaban J connectivity index is 2.86. The van der Waals surface area contributed by atoms with Gasteiger partial charge < -0.3 is 10.6 Å². The maximum atomic E-state index is 12.2. The molecule has 0 saturated carbocycles. The number of benzene rings is 1. The Hall–Kier alpha value is -0.590. The molecular formula is C12H19BrN2O2S. The summed E-state index contributed by atoms with van der Waals surface area (Å²) in [5.41, 5.74) is 6.15. The van der Waals surface area contributed by atoms with E-state index < -0.39 is 9.84 Å². The molecule has 0 aliphatic rings. The van der Waals surface area contributed by atoms with Gasteiger partial charge in [-0.2, -0.15) is 0 Å². The lowest BCUT2D eigenvalue weighted by Gasteiger charge is -2.18. The van der Waals surface area contributed by atoms with E-state index in [9.17, 15) is 8.42 Å². The first-order chi connectivity index (χ1) is 8.40. The zero-order valence-electron chi connectivity index (χ0n) is 10.7. The molecule has 102 valence electrons. The Kier molecular flexibility index (Phi) is 5.62. The van der Waals surface area contributed by atoms with Crippen LogP contribution in [0.2, 0.25) is 0 Å². The van der Waals surface area contributed by atoms with Gasteiger partial charge in [-0.05, 0) is 47.2 Å². The van der Waals surface area contributed by atoms with Gasteiger partial charge in [-0.1, -0.05) is 13.8 Å². The maximum absolute atomic E-state index is 12.2. The van der Waals surface area contributed by atoms with E-state index in [4.69, 9.17) is 5.73 Å². The van der Waals surface area contributed by atoms with Gasteiger partial charge >= 0.3 is 0 Å². The third-order valence-electron chi connectivity index (χ3n) is 2.86. The zero-order valence-corrected chi connectivity index (χ0v) is 13.1. The second-order valence-corrected chi connectivity index (χ2v) is 6.97. The van der Waals surface area contributed by atoms with Crippen LogP contribution < -0.4 is 5.73 Å². The second kappa shape index (κ2) is 6.54. The van der Waals surface area contributed by atoms with Gasteiger partial charge in [0.05, 0.1) is 10.6 Å². The third kappa shape index (κ3) is 3.96. The average Bonchev–Trinajstić information content (AvgIpc) is 2.29. The van der Waals surface area contributed by atoms with Gasteiger partial charge in [-0.25, -0.2) is 8.42 Å². The van der Waals surface area contributed by atoms with Crippen LogP contribution in [0.1, 0.15) is 13.8 Å². The minimum absolute atomic E-state index is 0.122. The van der Waals surface area contributed by atoms with Gasteiger partial charge in [-0.3, -0.25) is 0 Å². The van der Waals surface area contributed by atoms with Crippen LogP contribution in [0.25, 0.3) is 0 Å². The van der Waals surface area contributed by atoms with Gasteiger partial charge in [-0.15, -0.1) is 0 Å². The van der Waals surface area contributed by atoms with Crippen molar-refractivity contribution < 1.29 is 8.42 Å². The minimum atomic E-state index is -3.27. The highest BCUT2D eigenvalue weighted by atomic mass is 79.9. The van der Waals surface area contributed by atoms with E-state index in [0.717, 1.165) is 13.1 Å². The lowest BCUT2D eigenvalue weighted by molar-refractivity contribution is 0.321. The molecule has 0 aromatic heterocycles. The Bertz CT molecular complexity index is 499. The topological polar surface area (TPSA) is 63.4 Å². The van der Waals surface area contributed by atoms with Gasteiger partial charge in [0.1, 0.15) is 0 Å². The normalized spacial score (nSPS) is 12.0. The molecular weight excluding hydrogens is 316 g/mol. The molecule has 1 aromatic carbocycles. The van der Waals surface area contributed by atoms with E-state index >= 15 is 0 Å². The van der Waals surface area contributed by atoms with Crippen molar-refractivity contribution in [2.45, 2.75) is 18.7 Å². The molecule has 0 heterocycles. The predicted molar refractivity (Wildman–Crippen MR) is 78.4 cm³/mol. The Labute approximate surface area is 117 Å². The Morgan fingerprint density at radius 2 is 1.89 bits per heavy atom. The smallest absolute Gasteiger partial charge is 0.180 e. The Morgan fingerprint density at radius 1 is 1.28 bits per heavy atom. The number of hydrogen-bond acceptors (Lipinski definition) is 4. The van der Waals surface area contributed by atoms with Crippen molar-refractivity contribution in [3.8, 4) is 0 Å². The molecule has 0 amide bonds. The summed E-state index contributed by atoms with van der Waals surface area (Å²) < 4.78 is 24.9. The lowest BCUT2D eigenvalue weighted by atomic mass is 10.3. The fourth-order valence-electron chi connectivity index (χ4n) is 1.67. The molecule has 0 spiro atoms. The molecule has 0 fully saturated rings. The zero-order chi connectivity index (χ0) is 13.8. The van der Waals surface area contributed by atoms with E-state index in [2.05, 4.69) is 20.8 Å². The summed E-state index contributed by atoms with van der Waals surface area (Å²) in [7, 11) is -3.27. The van der Waals surface area contributed by atoms with Crippen LogP contribution in [0.15, 0.2) is 27.6 Å². The van der Waals surface area contributed by atoms with Crippen LogP contribution in [-0.2, 0) is 9.84 Å². The van der Waals surface area contributed by atoms with Crippen LogP contribution in [-0.4, -0.2) is 38.7 Å². The number of nitrogens with two attached hydrogens (primary N) is 1. The quantitative estimate of drug-likeness (QED) is 0.809. The van der Waals surface area contributed by atoms with E-state index in [0.29, 0.717) is 21.6 Å². The summed E-state index contributed by atoms with van der Waals surface area (Å²) in [5, 5.41) is 0. The first kappa shape index (κ1) is 15.5. The molecule has 0 atom stereocenters. The Morgan fingerprint density at radius 3 is 2.39 bits per heavy atom. The number of anilines is 1. The number of rotatable bonds is 6. The molecule has 0 unspecified atom stereocenters. The molecule has 6 heteroatoms. The largest absolute Gasteiger partial charge is 0.399 e. The molecule has 0 radical (unpaired) electrons. The number of sulfone groups is 1. The fraction of sp³-hybridized carbons (Fsp3) is 0.500. The highest BCUT2D eigenvalue weighted by molar-refractivity contribution is 9.10. The van der Waals surface area contributed by atoms with E-state index in [1.807, 2.05) is 13.8 Å². The van der Waals surface area contributed by atoms with Crippen molar-refractivity contribution in [3.63, 3.8) is 0 Å². The average molecular weight is 335 g/mol. The van der Waals surface area contributed by atoms with Gasteiger partial charge in [0.2, 0.25) is 0 Å². The molecule has 18 heavy (non-hydrogen) atoms. The van der Waals surface area contributed by atoms with Crippen molar-refractivity contribution >= 4 is 31.5 Å². The van der Waals surface area contributed by atoms with Gasteiger partial charge in [0.25, 0.3) is 0 Å². The highest BCUT2D eigenvalue weighted by Crippen LogP contribution is 2.25. The van der Waals surface area contributed by atoms with Crippen molar-refractivity contribution in [1.82, 2.24) is 4.90 Å². The van der Waals surface area contributed by atoms with Gasteiger partial charge in [0.15, 0.2) is 9.84 Å². The van der Waals surface area contributed by atoms with Crippen molar-refractivity contribution in [1.29, 1.82) is 0 Å². The third-order valence-corrected chi connectivity index (χ3v) is 5.53. The van der Waals surface area contributed by atoms with Crippen molar-refractivity contribution in [3.05, 3.63) is 22.7 Å². The molecule has 4 nitrogen and oxygen atoms in total. The maximum Gasteiger partial charge on any atom is 0.180 e. The first-order valence-electron chi connectivity index (χ1n) is 5.90. The first-order valence-corrected chi connectivity index (χ1v) is 8.35. The number of halogens is 1. The van der Waals surface area contributed by atoms with Crippen LogP contribution in [0.4, 0.5) is 5.69 Å². The standard InChI is InChI=1S/C12H19BrN2O2S/c1-3-15(4-2)7-8-18(16,17)12-6-5-10(14)9-11(12)13/h5-6,9H,3-4,7-8,14H2,1-2H3. The number of nitrogen functional groups attached to an aromatic ring is 1. The van der Waals surface area contributed by atoms with Crippen LogP contribution in [0.3, 0.4) is 0 Å². The molecule has 1 aromatic rings. The van der Waals surface area contributed by atoms with E-state index in [1.54, 1.807) is 18.2 Å². The van der Waals surface area contributed by atoms with Crippen LogP contribution >= 0.6 is 15.9 Å². The summed E-state index contributed by atoms with van der Waals surface area (Å²) in [5.74, 6) is 0.122. The van der Waals surface area contributed by atoms with Crippen molar-refractivity contribution in [2.24, 2.45) is 0 Å². The lowest BCUT2D eigenvalue weighted by Crippen LogP contribution is -2.29. The van der Waals surface area contributed by atoms with Crippen molar-refractivity contribution in [2.75, 3.05) is 31.1 Å². The van der Waals surface area contributed by atoms with E-state index in [-0.39, 0.29) is 5.75 Å². The molecule has 0 aliphatic heterocycles. The van der Waals surface area contributed by atoms with Crippen LogP contribution in [0.5, 0.6) is 0 Å². The molecule has 0 saturated heterocycles. The summed E-state index contributed by atoms with van der Waals surface area (Å²) in [6.07, 6.45) is 0. The summed E-state index contributed by atoms with van der Waals surface area (Å²) in [6.45, 7) is 6.31. The monoisotopic (exact) mass is 334 g/mol. The molecule has 0 bridgehead atoms. The minimum Gasteiger partial charge on any atom is -0.399 e. The molecule has 0 aliphatic carbocycles. The fourth-order valence-corrected chi connectivity index (χ4v) is 4.15. The summed E-state index contributed by atoms with van der Waals surface area (Å²) in [6, 6.07) is 4.77. The van der Waals surface area contributed by atoms with E-state index in [1.165, 1.54) is 0 Å². The highest BCUT2D eigenvalue weighted by Gasteiger charge is 2.18. The van der Waals surface area contributed by atoms with Gasteiger partial charge in [0, 0.05) is 16.7 Å². The molecule has 1 rings (SSSR count). The molecule has 2 N–H and O–H groups in total. The number of hydrogen-bond donors (Lipinski definition) is 1. The summed E-state index contributed by atoms with van der Waals surface area (Å²) >= 11 is 3.25.